The number of amides is 1. The molecule has 0 bridgehead atoms. The van der Waals surface area contributed by atoms with Crippen LogP contribution in [0.4, 0.5) is 13.2 Å². The summed E-state index contributed by atoms with van der Waals surface area (Å²) in [5, 5.41) is 0. The van der Waals surface area contributed by atoms with Crippen molar-refractivity contribution in [2.45, 2.75) is 12.3 Å². The average molecular weight is 269 g/mol. The number of nitrogens with two attached hydrogens (primary N) is 1. The van der Waals surface area contributed by atoms with Crippen LogP contribution in [0.1, 0.15) is 0 Å². The molecular weight excluding hydrogens is 251 g/mol. The highest BCUT2D eigenvalue weighted by Crippen LogP contribution is 2.18. The van der Waals surface area contributed by atoms with Crippen LogP contribution in [-0.4, -0.2) is 74.4 Å². The second-order valence-electron chi connectivity index (χ2n) is 4.51. The van der Waals surface area contributed by atoms with Crippen molar-refractivity contribution in [2.75, 3.05) is 46.4 Å². The molecule has 106 valence electrons. The lowest BCUT2D eigenvalue weighted by Gasteiger charge is -2.34. The SMILES string of the molecule is CN(CC(N)=O)C[C@H]1CN(CC(F)(F)F)CCO1. The van der Waals surface area contributed by atoms with Crippen molar-refractivity contribution in [3.63, 3.8) is 0 Å². The number of primary amides is 1. The van der Waals surface area contributed by atoms with E-state index in [1.54, 1.807) is 11.9 Å². The molecule has 1 amide bonds. The zero-order valence-electron chi connectivity index (χ0n) is 10.2. The van der Waals surface area contributed by atoms with Gasteiger partial charge in [0.2, 0.25) is 5.91 Å². The minimum atomic E-state index is -4.19. The van der Waals surface area contributed by atoms with Crippen molar-refractivity contribution in [1.82, 2.24) is 9.80 Å². The minimum Gasteiger partial charge on any atom is -0.374 e. The van der Waals surface area contributed by atoms with Gasteiger partial charge in [-0.2, -0.15) is 13.2 Å². The largest absolute Gasteiger partial charge is 0.401 e. The van der Waals surface area contributed by atoms with Crippen molar-refractivity contribution >= 4 is 5.91 Å². The molecule has 2 N–H and O–H groups in total. The molecule has 0 radical (unpaired) electrons. The van der Waals surface area contributed by atoms with Crippen molar-refractivity contribution in [1.29, 1.82) is 0 Å². The van der Waals surface area contributed by atoms with E-state index in [-0.39, 0.29) is 32.3 Å². The molecule has 1 atom stereocenters. The number of likely N-dealkylation sites (N-methyl/N-ethyl adjacent to an activating group) is 1. The van der Waals surface area contributed by atoms with E-state index in [9.17, 15) is 18.0 Å². The van der Waals surface area contributed by atoms with E-state index in [1.165, 1.54) is 4.90 Å². The van der Waals surface area contributed by atoms with Gasteiger partial charge in [-0.15, -0.1) is 0 Å². The average Bonchev–Trinajstić information content (AvgIpc) is 2.13. The molecule has 1 aliphatic rings. The van der Waals surface area contributed by atoms with E-state index >= 15 is 0 Å². The first-order valence-electron chi connectivity index (χ1n) is 5.64. The lowest BCUT2D eigenvalue weighted by molar-refractivity contribution is -0.160. The summed E-state index contributed by atoms with van der Waals surface area (Å²) < 4.78 is 42.1. The van der Waals surface area contributed by atoms with Crippen LogP contribution in [0.15, 0.2) is 0 Å². The first-order chi connectivity index (χ1) is 8.26. The zero-order chi connectivity index (χ0) is 13.8. The predicted molar refractivity (Wildman–Crippen MR) is 58.9 cm³/mol. The third-order valence-corrected chi connectivity index (χ3v) is 2.57. The van der Waals surface area contributed by atoms with E-state index in [0.29, 0.717) is 6.54 Å². The fraction of sp³-hybridized carbons (Fsp3) is 0.900. The van der Waals surface area contributed by atoms with E-state index in [0.717, 1.165) is 0 Å². The number of halogens is 3. The maximum atomic E-state index is 12.2. The fourth-order valence-corrected chi connectivity index (χ4v) is 1.97. The van der Waals surface area contributed by atoms with Crippen LogP contribution < -0.4 is 5.73 Å². The molecule has 0 unspecified atom stereocenters. The summed E-state index contributed by atoms with van der Waals surface area (Å²) in [7, 11) is 1.68. The van der Waals surface area contributed by atoms with E-state index in [4.69, 9.17) is 10.5 Å². The second kappa shape index (κ2) is 6.35. The van der Waals surface area contributed by atoms with Gasteiger partial charge in [-0.25, -0.2) is 0 Å². The number of alkyl halides is 3. The summed E-state index contributed by atoms with van der Waals surface area (Å²) >= 11 is 0. The Balaban J connectivity index is 2.37. The summed E-state index contributed by atoms with van der Waals surface area (Å²) in [5.74, 6) is -0.472. The van der Waals surface area contributed by atoms with Gasteiger partial charge in [-0.05, 0) is 7.05 Å². The topological polar surface area (TPSA) is 58.8 Å². The molecule has 0 aromatic rings. The third kappa shape index (κ3) is 6.18. The van der Waals surface area contributed by atoms with E-state index in [1.807, 2.05) is 0 Å². The number of carbonyl (C=O) groups is 1. The molecule has 0 aromatic heterocycles. The van der Waals surface area contributed by atoms with Crippen molar-refractivity contribution < 1.29 is 22.7 Å². The van der Waals surface area contributed by atoms with Gasteiger partial charge in [0.15, 0.2) is 0 Å². The quantitative estimate of drug-likeness (QED) is 0.742. The van der Waals surface area contributed by atoms with Crippen LogP contribution in [0.2, 0.25) is 0 Å². The lowest BCUT2D eigenvalue weighted by atomic mass is 10.2. The van der Waals surface area contributed by atoms with Crippen LogP contribution in [0.3, 0.4) is 0 Å². The van der Waals surface area contributed by atoms with Crippen LogP contribution in [0, 0.1) is 0 Å². The highest BCUT2D eigenvalue weighted by atomic mass is 19.4. The number of hydrogen-bond donors (Lipinski definition) is 1. The Hall–Kier alpha value is -0.860. The Morgan fingerprint density at radius 1 is 1.56 bits per heavy atom. The monoisotopic (exact) mass is 269 g/mol. The van der Waals surface area contributed by atoms with Crippen LogP contribution in [0.25, 0.3) is 0 Å². The van der Waals surface area contributed by atoms with E-state index < -0.39 is 18.6 Å². The van der Waals surface area contributed by atoms with Gasteiger partial charge in [-0.3, -0.25) is 14.6 Å². The molecule has 18 heavy (non-hydrogen) atoms. The van der Waals surface area contributed by atoms with Gasteiger partial charge >= 0.3 is 6.18 Å². The number of morpholine rings is 1. The van der Waals surface area contributed by atoms with Crippen LogP contribution in [0.5, 0.6) is 0 Å². The maximum absolute atomic E-state index is 12.2. The molecule has 1 saturated heterocycles. The molecule has 1 aliphatic heterocycles. The van der Waals surface area contributed by atoms with Crippen molar-refractivity contribution in [2.24, 2.45) is 5.73 Å². The summed E-state index contributed by atoms with van der Waals surface area (Å²) in [6.07, 6.45) is -4.52. The molecule has 8 heteroatoms. The van der Waals surface area contributed by atoms with Gasteiger partial charge in [0.25, 0.3) is 0 Å². The summed E-state index contributed by atoms with van der Waals surface area (Å²) in [6, 6.07) is 0. The third-order valence-electron chi connectivity index (χ3n) is 2.57. The normalized spacial score (nSPS) is 22.4. The number of hydrogen-bond acceptors (Lipinski definition) is 4. The molecule has 1 rings (SSSR count). The van der Waals surface area contributed by atoms with Gasteiger partial charge in [-0.1, -0.05) is 0 Å². The van der Waals surface area contributed by atoms with Crippen molar-refractivity contribution in [3.05, 3.63) is 0 Å². The van der Waals surface area contributed by atoms with Crippen LogP contribution in [-0.2, 0) is 9.53 Å². The number of ether oxygens (including phenoxy) is 1. The molecule has 5 nitrogen and oxygen atoms in total. The zero-order valence-corrected chi connectivity index (χ0v) is 10.2. The minimum absolute atomic E-state index is 0.0686. The Morgan fingerprint density at radius 2 is 2.22 bits per heavy atom. The fourth-order valence-electron chi connectivity index (χ4n) is 1.97. The Bertz CT molecular complexity index is 286. The summed E-state index contributed by atoms with van der Waals surface area (Å²) in [5.41, 5.74) is 5.03. The smallest absolute Gasteiger partial charge is 0.374 e. The van der Waals surface area contributed by atoms with Gasteiger partial charge in [0.05, 0.1) is 25.8 Å². The Labute approximate surface area is 104 Å². The molecule has 1 fully saturated rings. The number of nitrogens with zero attached hydrogens (tertiary/aromatic N) is 2. The van der Waals surface area contributed by atoms with Gasteiger partial charge in [0.1, 0.15) is 0 Å². The first-order valence-corrected chi connectivity index (χ1v) is 5.64. The lowest BCUT2D eigenvalue weighted by Crippen LogP contribution is -2.50. The highest BCUT2D eigenvalue weighted by molar-refractivity contribution is 5.75. The number of carbonyl (C=O) groups excluding carboxylic acids is 1. The second-order valence-corrected chi connectivity index (χ2v) is 4.51. The summed E-state index contributed by atoms with van der Waals surface area (Å²) in [6.45, 7) is 0.284. The summed E-state index contributed by atoms with van der Waals surface area (Å²) in [4.78, 5) is 13.6. The van der Waals surface area contributed by atoms with Crippen molar-refractivity contribution in [3.8, 4) is 0 Å². The van der Waals surface area contributed by atoms with Crippen LogP contribution >= 0.6 is 0 Å². The number of rotatable bonds is 5. The molecule has 0 aliphatic carbocycles. The Kier molecular flexibility index (Phi) is 5.36. The molecule has 0 saturated carbocycles. The molecular formula is C10H18F3N3O2. The molecule has 1 heterocycles. The highest BCUT2D eigenvalue weighted by Gasteiger charge is 2.33. The van der Waals surface area contributed by atoms with Gasteiger partial charge < -0.3 is 10.5 Å². The molecule has 0 aromatic carbocycles. The first kappa shape index (κ1) is 15.2. The van der Waals surface area contributed by atoms with Gasteiger partial charge in [0, 0.05) is 19.6 Å². The van der Waals surface area contributed by atoms with E-state index in [2.05, 4.69) is 0 Å². The standard InChI is InChI=1S/C10H18F3N3O2/c1-15(6-9(14)17)4-8-5-16(2-3-18-8)7-10(11,12)13/h8H,2-7H2,1H3,(H2,14,17)/t8-/m0/s1. The Morgan fingerprint density at radius 3 is 2.78 bits per heavy atom. The predicted octanol–water partition coefficient (Wildman–Crippen LogP) is -0.333. The maximum Gasteiger partial charge on any atom is 0.401 e. The molecule has 0 spiro atoms.